The van der Waals surface area contributed by atoms with Gasteiger partial charge in [0.2, 0.25) is 0 Å². The molecular weight excluding hydrogens is 296 g/mol. The average Bonchev–Trinajstić information content (AvgIpc) is 2.54. The fraction of sp³-hybridized carbons (Fsp3) is 0.381. The first-order valence-electron chi connectivity index (χ1n) is 8.65. The van der Waals surface area contributed by atoms with Crippen molar-refractivity contribution in [1.29, 1.82) is 0 Å². The van der Waals surface area contributed by atoms with Crippen molar-refractivity contribution in [2.45, 2.75) is 27.7 Å². The Bertz CT molecular complexity index is 735. The largest absolute Gasteiger partial charge is 0.368 e. The lowest BCUT2D eigenvalue weighted by Gasteiger charge is -2.38. The van der Waals surface area contributed by atoms with Crippen LogP contribution in [0.4, 0.5) is 5.69 Å². The second-order valence-electron chi connectivity index (χ2n) is 6.84. The minimum Gasteiger partial charge on any atom is -0.368 e. The summed E-state index contributed by atoms with van der Waals surface area (Å²) in [6, 6.07) is 12.3. The number of aryl methyl sites for hydroxylation is 4. The Kier molecular flexibility index (Phi) is 4.61. The van der Waals surface area contributed by atoms with Crippen LogP contribution in [0, 0.1) is 27.7 Å². The van der Waals surface area contributed by atoms with Gasteiger partial charge in [0.15, 0.2) is 0 Å². The summed E-state index contributed by atoms with van der Waals surface area (Å²) >= 11 is 0. The predicted molar refractivity (Wildman–Crippen MR) is 99.9 cm³/mol. The zero-order valence-corrected chi connectivity index (χ0v) is 15.1. The molecule has 0 saturated carbocycles. The molecule has 1 aliphatic rings. The van der Waals surface area contributed by atoms with Crippen LogP contribution in [0.15, 0.2) is 36.4 Å². The lowest BCUT2D eigenvalue weighted by atomic mass is 10.0. The van der Waals surface area contributed by atoms with E-state index in [1.54, 1.807) is 0 Å². The molecule has 1 saturated heterocycles. The Morgan fingerprint density at radius 3 is 2.00 bits per heavy atom. The lowest BCUT2D eigenvalue weighted by molar-refractivity contribution is 0.0746. The van der Waals surface area contributed by atoms with Crippen molar-refractivity contribution < 1.29 is 4.79 Å². The van der Waals surface area contributed by atoms with Crippen molar-refractivity contribution in [3.8, 4) is 0 Å². The monoisotopic (exact) mass is 322 g/mol. The smallest absolute Gasteiger partial charge is 0.254 e. The van der Waals surface area contributed by atoms with E-state index in [1.165, 1.54) is 22.4 Å². The Balaban J connectivity index is 1.73. The Morgan fingerprint density at radius 2 is 1.42 bits per heavy atom. The van der Waals surface area contributed by atoms with Crippen molar-refractivity contribution in [2.75, 3.05) is 31.1 Å². The minimum atomic E-state index is 0.158. The zero-order chi connectivity index (χ0) is 17.3. The Morgan fingerprint density at radius 1 is 0.833 bits per heavy atom. The van der Waals surface area contributed by atoms with Gasteiger partial charge in [-0.05, 0) is 50.5 Å². The number of amides is 1. The zero-order valence-electron chi connectivity index (χ0n) is 15.1. The molecule has 0 atom stereocenters. The third kappa shape index (κ3) is 3.16. The summed E-state index contributed by atoms with van der Waals surface area (Å²) in [5.41, 5.74) is 7.17. The summed E-state index contributed by atoms with van der Waals surface area (Å²) in [5, 5.41) is 0. The minimum absolute atomic E-state index is 0.158. The van der Waals surface area contributed by atoms with E-state index in [0.717, 1.165) is 37.3 Å². The topological polar surface area (TPSA) is 23.6 Å². The molecule has 1 heterocycles. The maximum Gasteiger partial charge on any atom is 0.254 e. The number of hydrogen-bond acceptors (Lipinski definition) is 2. The third-order valence-corrected chi connectivity index (χ3v) is 4.89. The van der Waals surface area contributed by atoms with Crippen LogP contribution in [-0.4, -0.2) is 37.0 Å². The van der Waals surface area contributed by atoms with Crippen LogP contribution < -0.4 is 4.90 Å². The summed E-state index contributed by atoms with van der Waals surface area (Å²) in [6.45, 7) is 11.8. The summed E-state index contributed by atoms with van der Waals surface area (Å²) in [7, 11) is 0. The van der Waals surface area contributed by atoms with Gasteiger partial charge < -0.3 is 9.80 Å². The first-order chi connectivity index (χ1) is 11.5. The summed E-state index contributed by atoms with van der Waals surface area (Å²) in [6.07, 6.45) is 0. The van der Waals surface area contributed by atoms with Crippen LogP contribution in [0.5, 0.6) is 0 Å². The van der Waals surface area contributed by atoms with Gasteiger partial charge in [0.25, 0.3) is 5.91 Å². The highest BCUT2D eigenvalue weighted by atomic mass is 16.2. The third-order valence-electron chi connectivity index (χ3n) is 4.89. The molecule has 1 amide bonds. The fourth-order valence-electron chi connectivity index (χ4n) is 3.79. The number of anilines is 1. The van der Waals surface area contributed by atoms with Crippen LogP contribution in [-0.2, 0) is 0 Å². The van der Waals surface area contributed by atoms with E-state index in [0.29, 0.717) is 0 Å². The quantitative estimate of drug-likeness (QED) is 0.837. The molecule has 0 unspecified atom stereocenters. The van der Waals surface area contributed by atoms with Crippen molar-refractivity contribution in [1.82, 2.24) is 4.90 Å². The SMILES string of the molecule is Cc1cc(C)c(N2CCN(C(=O)c3ccccc3C)CC2)c(C)c1. The number of benzene rings is 2. The van der Waals surface area contributed by atoms with Gasteiger partial charge in [0.1, 0.15) is 0 Å². The highest BCUT2D eigenvalue weighted by Gasteiger charge is 2.24. The van der Waals surface area contributed by atoms with Gasteiger partial charge in [0.05, 0.1) is 0 Å². The molecule has 0 bridgehead atoms. The van der Waals surface area contributed by atoms with Gasteiger partial charge in [-0.3, -0.25) is 4.79 Å². The van der Waals surface area contributed by atoms with E-state index >= 15 is 0 Å². The maximum absolute atomic E-state index is 12.7. The van der Waals surface area contributed by atoms with Crippen molar-refractivity contribution >= 4 is 11.6 Å². The molecule has 0 N–H and O–H groups in total. The van der Waals surface area contributed by atoms with E-state index in [9.17, 15) is 4.79 Å². The number of carbonyl (C=O) groups is 1. The highest BCUT2D eigenvalue weighted by molar-refractivity contribution is 5.95. The summed E-state index contributed by atoms with van der Waals surface area (Å²) in [5.74, 6) is 0.158. The first-order valence-corrected chi connectivity index (χ1v) is 8.65. The molecule has 0 spiro atoms. The number of nitrogens with zero attached hydrogens (tertiary/aromatic N) is 2. The van der Waals surface area contributed by atoms with Gasteiger partial charge in [-0.2, -0.15) is 0 Å². The molecule has 24 heavy (non-hydrogen) atoms. The van der Waals surface area contributed by atoms with E-state index in [2.05, 4.69) is 37.8 Å². The molecule has 1 fully saturated rings. The summed E-state index contributed by atoms with van der Waals surface area (Å²) in [4.78, 5) is 17.2. The van der Waals surface area contributed by atoms with Crippen molar-refractivity contribution in [3.63, 3.8) is 0 Å². The maximum atomic E-state index is 12.7. The molecule has 126 valence electrons. The Labute approximate surface area is 144 Å². The molecule has 3 heteroatoms. The van der Waals surface area contributed by atoms with Crippen LogP contribution >= 0.6 is 0 Å². The predicted octanol–water partition coefficient (Wildman–Crippen LogP) is 3.88. The number of piperazine rings is 1. The second kappa shape index (κ2) is 6.68. The molecule has 0 aromatic heterocycles. The van der Waals surface area contributed by atoms with E-state index < -0.39 is 0 Å². The first kappa shape index (κ1) is 16.6. The second-order valence-corrected chi connectivity index (χ2v) is 6.84. The van der Waals surface area contributed by atoms with Crippen molar-refractivity contribution in [2.24, 2.45) is 0 Å². The van der Waals surface area contributed by atoms with Gasteiger partial charge in [-0.15, -0.1) is 0 Å². The Hall–Kier alpha value is -2.29. The van der Waals surface area contributed by atoms with Crippen molar-refractivity contribution in [3.05, 3.63) is 64.2 Å². The average molecular weight is 322 g/mol. The molecule has 0 radical (unpaired) electrons. The van der Waals surface area contributed by atoms with Gasteiger partial charge in [-0.1, -0.05) is 35.9 Å². The molecule has 2 aromatic carbocycles. The van der Waals surface area contributed by atoms with Gasteiger partial charge >= 0.3 is 0 Å². The standard InChI is InChI=1S/C21H26N2O/c1-15-13-17(3)20(18(4)14-15)22-9-11-23(12-10-22)21(24)19-8-6-5-7-16(19)2/h5-8,13-14H,9-12H2,1-4H3. The molecule has 3 nitrogen and oxygen atoms in total. The van der Waals surface area contributed by atoms with Crippen LogP contribution in [0.25, 0.3) is 0 Å². The highest BCUT2D eigenvalue weighted by Crippen LogP contribution is 2.27. The molecule has 3 rings (SSSR count). The van der Waals surface area contributed by atoms with Crippen LogP contribution in [0.1, 0.15) is 32.6 Å². The normalized spacial score (nSPS) is 14.8. The summed E-state index contributed by atoms with van der Waals surface area (Å²) < 4.78 is 0. The van der Waals surface area contributed by atoms with Gasteiger partial charge in [-0.25, -0.2) is 0 Å². The van der Waals surface area contributed by atoms with Crippen LogP contribution in [0.3, 0.4) is 0 Å². The number of carbonyl (C=O) groups excluding carboxylic acids is 1. The van der Waals surface area contributed by atoms with E-state index in [4.69, 9.17) is 0 Å². The molecule has 1 aliphatic heterocycles. The number of rotatable bonds is 2. The fourth-order valence-corrected chi connectivity index (χ4v) is 3.79. The van der Waals surface area contributed by atoms with E-state index in [-0.39, 0.29) is 5.91 Å². The molecular formula is C21H26N2O. The van der Waals surface area contributed by atoms with Crippen LogP contribution in [0.2, 0.25) is 0 Å². The van der Waals surface area contributed by atoms with E-state index in [1.807, 2.05) is 36.1 Å². The molecule has 2 aromatic rings. The number of hydrogen-bond donors (Lipinski definition) is 0. The van der Waals surface area contributed by atoms with Gasteiger partial charge in [0, 0.05) is 37.4 Å². The molecule has 0 aliphatic carbocycles. The lowest BCUT2D eigenvalue weighted by Crippen LogP contribution is -2.49.